The van der Waals surface area contributed by atoms with Crippen molar-refractivity contribution < 1.29 is 8.42 Å². The van der Waals surface area contributed by atoms with Crippen LogP contribution in [0.2, 0.25) is 0 Å². The van der Waals surface area contributed by atoms with Crippen molar-refractivity contribution in [1.82, 2.24) is 9.29 Å². The van der Waals surface area contributed by atoms with E-state index in [4.69, 9.17) is 11.1 Å². The normalized spacial score (nSPS) is 11.2. The summed E-state index contributed by atoms with van der Waals surface area (Å²) in [5.41, 5.74) is 2.28. The highest BCUT2D eigenvalue weighted by Gasteiger charge is 2.20. The van der Waals surface area contributed by atoms with Crippen LogP contribution in [0.4, 0.5) is 5.82 Å². The molecule has 0 aliphatic rings. The largest absolute Gasteiger partial charge is 0.308 e. The van der Waals surface area contributed by atoms with E-state index in [1.807, 2.05) is 6.07 Å². The van der Waals surface area contributed by atoms with E-state index in [0.29, 0.717) is 0 Å². The van der Waals surface area contributed by atoms with Crippen LogP contribution in [0.5, 0.6) is 0 Å². The summed E-state index contributed by atoms with van der Waals surface area (Å²) in [4.78, 5) is 3.91. The summed E-state index contributed by atoms with van der Waals surface area (Å²) in [5, 5.41) is 8.43. The van der Waals surface area contributed by atoms with Crippen molar-refractivity contribution in [3.05, 3.63) is 18.3 Å². The molecule has 0 aliphatic heterocycles. The third kappa shape index (κ3) is 3.13. The van der Waals surface area contributed by atoms with Crippen LogP contribution in [0.25, 0.3) is 0 Å². The first-order valence-electron chi connectivity index (χ1n) is 4.78. The molecule has 92 valence electrons. The predicted molar refractivity (Wildman–Crippen MR) is 62.1 cm³/mol. The third-order valence-electron chi connectivity index (χ3n) is 2.13. The maximum atomic E-state index is 12.0. The number of nitrogens with one attached hydrogen (secondary N) is 1. The van der Waals surface area contributed by atoms with Gasteiger partial charge in [0.25, 0.3) is 0 Å². The van der Waals surface area contributed by atoms with Gasteiger partial charge < -0.3 is 5.43 Å². The Hall–Kier alpha value is -1.69. The Balaban J connectivity index is 3.00. The summed E-state index contributed by atoms with van der Waals surface area (Å²) in [5.74, 6) is 5.42. The highest BCUT2D eigenvalue weighted by Crippen LogP contribution is 2.16. The molecule has 0 atom stereocenters. The first-order chi connectivity index (χ1) is 8.02. The average molecular weight is 255 g/mol. The number of hydrogen-bond donors (Lipinski definition) is 2. The molecule has 0 spiro atoms. The van der Waals surface area contributed by atoms with Gasteiger partial charge in [-0.05, 0) is 6.07 Å². The molecule has 1 aromatic heterocycles. The Morgan fingerprint density at radius 3 is 2.94 bits per heavy atom. The van der Waals surface area contributed by atoms with Crippen LogP contribution in [-0.2, 0) is 10.0 Å². The van der Waals surface area contributed by atoms with Gasteiger partial charge in [-0.3, -0.25) is 0 Å². The lowest BCUT2D eigenvalue weighted by atomic mass is 10.5. The van der Waals surface area contributed by atoms with E-state index < -0.39 is 10.0 Å². The second-order valence-corrected chi connectivity index (χ2v) is 5.30. The van der Waals surface area contributed by atoms with Crippen molar-refractivity contribution >= 4 is 15.8 Å². The third-order valence-corrected chi connectivity index (χ3v) is 3.98. The Bertz CT molecular complexity index is 522. The number of hydrazine groups is 1. The van der Waals surface area contributed by atoms with Crippen LogP contribution < -0.4 is 11.3 Å². The predicted octanol–water partition coefficient (Wildman–Crippen LogP) is -0.0986. The number of nitriles is 1. The van der Waals surface area contributed by atoms with Crippen LogP contribution >= 0.6 is 0 Å². The number of rotatable bonds is 5. The Kier molecular flexibility index (Phi) is 4.39. The lowest BCUT2D eigenvalue weighted by Crippen LogP contribution is -2.28. The van der Waals surface area contributed by atoms with Crippen LogP contribution in [0, 0.1) is 11.3 Å². The summed E-state index contributed by atoms with van der Waals surface area (Å²) in [7, 11) is -2.18. The second kappa shape index (κ2) is 5.58. The number of pyridine rings is 1. The lowest BCUT2D eigenvalue weighted by molar-refractivity contribution is 0.476. The summed E-state index contributed by atoms with van der Waals surface area (Å²) >= 11 is 0. The Morgan fingerprint density at radius 1 is 1.65 bits per heavy atom. The van der Waals surface area contributed by atoms with Gasteiger partial charge in [0.1, 0.15) is 5.82 Å². The topological polar surface area (TPSA) is 112 Å². The molecule has 1 heterocycles. The van der Waals surface area contributed by atoms with E-state index in [1.54, 1.807) is 0 Å². The molecule has 1 rings (SSSR count). The van der Waals surface area contributed by atoms with E-state index in [0.717, 1.165) is 4.31 Å². The number of sulfonamides is 1. The molecule has 0 radical (unpaired) electrons. The molecule has 0 aliphatic carbocycles. The number of hydrogen-bond acceptors (Lipinski definition) is 6. The van der Waals surface area contributed by atoms with E-state index in [1.165, 1.54) is 25.4 Å². The van der Waals surface area contributed by atoms with Crippen molar-refractivity contribution in [1.29, 1.82) is 5.26 Å². The van der Waals surface area contributed by atoms with E-state index in [-0.39, 0.29) is 23.7 Å². The van der Waals surface area contributed by atoms with E-state index >= 15 is 0 Å². The van der Waals surface area contributed by atoms with Crippen molar-refractivity contribution in [3.63, 3.8) is 0 Å². The highest BCUT2D eigenvalue weighted by molar-refractivity contribution is 7.89. The van der Waals surface area contributed by atoms with Gasteiger partial charge in [0.2, 0.25) is 10.0 Å². The molecule has 0 unspecified atom stereocenters. The standard InChI is InChI=1S/C9H13N5O2S/c1-14(6-2-4-10)17(15,16)8-3-5-12-9(7-8)13-11/h3,5,7H,2,6,11H2,1H3,(H,12,13). The maximum absolute atomic E-state index is 12.0. The molecule has 1 aromatic rings. The zero-order valence-electron chi connectivity index (χ0n) is 9.29. The lowest BCUT2D eigenvalue weighted by Gasteiger charge is -2.15. The van der Waals surface area contributed by atoms with Gasteiger partial charge in [0, 0.05) is 32.3 Å². The number of anilines is 1. The number of nitrogen functional groups attached to an aromatic ring is 1. The molecule has 8 heteroatoms. The van der Waals surface area contributed by atoms with E-state index in [9.17, 15) is 8.42 Å². The molecule has 0 bridgehead atoms. The first-order valence-corrected chi connectivity index (χ1v) is 6.22. The maximum Gasteiger partial charge on any atom is 0.243 e. The molecular formula is C9H13N5O2S. The Morgan fingerprint density at radius 2 is 2.35 bits per heavy atom. The van der Waals surface area contributed by atoms with Crippen molar-refractivity contribution in [3.8, 4) is 6.07 Å². The van der Waals surface area contributed by atoms with Crippen molar-refractivity contribution in [2.24, 2.45) is 5.84 Å². The van der Waals surface area contributed by atoms with Gasteiger partial charge in [0.15, 0.2) is 0 Å². The van der Waals surface area contributed by atoms with Gasteiger partial charge in [0.05, 0.1) is 11.0 Å². The molecule has 17 heavy (non-hydrogen) atoms. The average Bonchev–Trinajstić information content (AvgIpc) is 2.35. The zero-order chi connectivity index (χ0) is 12.9. The fourth-order valence-electron chi connectivity index (χ4n) is 1.16. The molecular weight excluding hydrogens is 242 g/mol. The number of aromatic nitrogens is 1. The quantitative estimate of drug-likeness (QED) is 0.561. The van der Waals surface area contributed by atoms with Crippen molar-refractivity contribution in [2.75, 3.05) is 19.0 Å². The number of nitrogens with two attached hydrogens (primary N) is 1. The molecule has 0 fully saturated rings. The Labute approximate surface area is 99.9 Å². The molecule has 0 aromatic carbocycles. The van der Waals surface area contributed by atoms with Crippen LogP contribution in [-0.4, -0.2) is 31.3 Å². The summed E-state index contributed by atoms with van der Waals surface area (Å²) in [6.07, 6.45) is 1.49. The SMILES string of the molecule is CN(CCC#N)S(=O)(=O)c1ccnc(NN)c1. The van der Waals surface area contributed by atoms with Gasteiger partial charge in [-0.15, -0.1) is 0 Å². The minimum atomic E-state index is -3.60. The molecule has 0 saturated heterocycles. The van der Waals surface area contributed by atoms with Crippen molar-refractivity contribution in [2.45, 2.75) is 11.3 Å². The minimum absolute atomic E-state index is 0.0842. The molecule has 3 N–H and O–H groups in total. The summed E-state index contributed by atoms with van der Waals surface area (Å²) in [6.45, 7) is 0.145. The van der Waals surface area contributed by atoms with Gasteiger partial charge in [-0.2, -0.15) is 9.57 Å². The smallest absolute Gasteiger partial charge is 0.243 e. The van der Waals surface area contributed by atoms with E-state index in [2.05, 4.69) is 10.4 Å². The van der Waals surface area contributed by atoms with Gasteiger partial charge in [-0.1, -0.05) is 0 Å². The van der Waals surface area contributed by atoms with Crippen LogP contribution in [0.15, 0.2) is 23.2 Å². The highest BCUT2D eigenvalue weighted by atomic mass is 32.2. The molecule has 0 saturated carbocycles. The fraction of sp³-hybridized carbons (Fsp3) is 0.333. The van der Waals surface area contributed by atoms with Crippen LogP contribution in [0.3, 0.4) is 0 Å². The first kappa shape index (κ1) is 13.4. The fourth-order valence-corrected chi connectivity index (χ4v) is 2.34. The second-order valence-electron chi connectivity index (χ2n) is 3.26. The minimum Gasteiger partial charge on any atom is -0.308 e. The summed E-state index contributed by atoms with van der Waals surface area (Å²) < 4.78 is 25.2. The molecule has 7 nitrogen and oxygen atoms in total. The number of nitrogens with zero attached hydrogens (tertiary/aromatic N) is 3. The monoisotopic (exact) mass is 255 g/mol. The zero-order valence-corrected chi connectivity index (χ0v) is 10.1. The summed E-state index contributed by atoms with van der Waals surface area (Å²) in [6, 6.07) is 4.60. The van der Waals surface area contributed by atoms with Gasteiger partial charge in [-0.25, -0.2) is 19.2 Å². The van der Waals surface area contributed by atoms with Gasteiger partial charge >= 0.3 is 0 Å². The molecule has 0 amide bonds. The van der Waals surface area contributed by atoms with Crippen LogP contribution in [0.1, 0.15) is 6.42 Å².